The number of rotatable bonds is 2. The van der Waals surface area contributed by atoms with Gasteiger partial charge in [0.25, 0.3) is 0 Å². The maximum atomic E-state index is 5.64. The summed E-state index contributed by atoms with van der Waals surface area (Å²) in [5.74, 6) is 0.756. The summed E-state index contributed by atoms with van der Waals surface area (Å²) in [6.07, 6.45) is 2.67. The molecule has 0 saturated carbocycles. The van der Waals surface area contributed by atoms with Gasteiger partial charge in [-0.05, 0) is 45.7 Å². The van der Waals surface area contributed by atoms with Crippen LogP contribution >= 0.6 is 0 Å². The van der Waals surface area contributed by atoms with E-state index >= 15 is 0 Å². The fourth-order valence-corrected chi connectivity index (χ4v) is 1.76. The second-order valence-corrected chi connectivity index (χ2v) is 3.83. The molecule has 1 atom stereocenters. The maximum absolute atomic E-state index is 5.64. The van der Waals surface area contributed by atoms with Crippen LogP contribution in [0.3, 0.4) is 0 Å². The third kappa shape index (κ3) is 2.46. The molecule has 0 aromatic carbocycles. The molecule has 1 aliphatic heterocycles. The van der Waals surface area contributed by atoms with Crippen LogP contribution in [0.4, 0.5) is 0 Å². The predicted molar refractivity (Wildman–Crippen MR) is 48.5 cm³/mol. The van der Waals surface area contributed by atoms with Gasteiger partial charge in [0, 0.05) is 12.6 Å². The number of hydrogen-bond acceptors (Lipinski definition) is 2. The van der Waals surface area contributed by atoms with Crippen LogP contribution in [-0.4, -0.2) is 30.6 Å². The Morgan fingerprint density at radius 2 is 2.27 bits per heavy atom. The van der Waals surface area contributed by atoms with Crippen molar-refractivity contribution in [3.8, 4) is 0 Å². The first kappa shape index (κ1) is 9.01. The van der Waals surface area contributed by atoms with E-state index in [1.165, 1.54) is 25.9 Å². The highest BCUT2D eigenvalue weighted by Crippen LogP contribution is 2.16. The van der Waals surface area contributed by atoms with Gasteiger partial charge in [0.15, 0.2) is 0 Å². The first-order valence-corrected chi connectivity index (χ1v) is 4.68. The molecule has 0 spiro atoms. The van der Waals surface area contributed by atoms with E-state index in [-0.39, 0.29) is 0 Å². The molecule has 1 fully saturated rings. The van der Waals surface area contributed by atoms with Crippen molar-refractivity contribution in [1.82, 2.24) is 4.90 Å². The number of nitrogens with zero attached hydrogens (tertiary/aromatic N) is 1. The average molecular weight is 156 g/mol. The first-order chi connectivity index (χ1) is 5.24. The van der Waals surface area contributed by atoms with Crippen LogP contribution in [0.2, 0.25) is 0 Å². The van der Waals surface area contributed by atoms with E-state index in [9.17, 15) is 0 Å². The summed E-state index contributed by atoms with van der Waals surface area (Å²) < 4.78 is 0. The molecule has 2 N–H and O–H groups in total. The van der Waals surface area contributed by atoms with Crippen LogP contribution in [0.5, 0.6) is 0 Å². The lowest BCUT2D eigenvalue weighted by Gasteiger charge is -2.34. The molecular formula is C9H20N2. The van der Waals surface area contributed by atoms with Crippen molar-refractivity contribution in [3.05, 3.63) is 0 Å². The second kappa shape index (κ2) is 4.07. The molecule has 1 rings (SSSR count). The van der Waals surface area contributed by atoms with Crippen molar-refractivity contribution < 1.29 is 0 Å². The highest BCUT2D eigenvalue weighted by atomic mass is 15.2. The van der Waals surface area contributed by atoms with Crippen LogP contribution in [0.1, 0.15) is 26.7 Å². The summed E-state index contributed by atoms with van der Waals surface area (Å²) in [4.78, 5) is 2.53. The fourth-order valence-electron chi connectivity index (χ4n) is 1.76. The van der Waals surface area contributed by atoms with Gasteiger partial charge in [0.05, 0.1) is 0 Å². The smallest absolute Gasteiger partial charge is 0.00387 e. The first-order valence-electron chi connectivity index (χ1n) is 4.68. The minimum absolute atomic E-state index is 0.698. The summed E-state index contributed by atoms with van der Waals surface area (Å²) in [5.41, 5.74) is 5.64. The van der Waals surface area contributed by atoms with E-state index in [0.717, 1.165) is 12.5 Å². The SMILES string of the molecule is CC(C)N1CCCC(CN)C1. The minimum Gasteiger partial charge on any atom is -0.330 e. The summed E-state index contributed by atoms with van der Waals surface area (Å²) in [6, 6.07) is 0.698. The zero-order valence-corrected chi connectivity index (χ0v) is 7.71. The van der Waals surface area contributed by atoms with Gasteiger partial charge in [-0.2, -0.15) is 0 Å². The number of nitrogens with two attached hydrogens (primary N) is 1. The van der Waals surface area contributed by atoms with Gasteiger partial charge < -0.3 is 10.6 Å². The van der Waals surface area contributed by atoms with E-state index in [4.69, 9.17) is 5.73 Å². The van der Waals surface area contributed by atoms with E-state index < -0.39 is 0 Å². The van der Waals surface area contributed by atoms with E-state index in [0.29, 0.717) is 6.04 Å². The molecule has 2 heteroatoms. The molecule has 1 saturated heterocycles. The monoisotopic (exact) mass is 156 g/mol. The Hall–Kier alpha value is -0.0800. The third-order valence-electron chi connectivity index (χ3n) is 2.61. The molecular weight excluding hydrogens is 136 g/mol. The van der Waals surface area contributed by atoms with Crippen molar-refractivity contribution in [3.63, 3.8) is 0 Å². The number of piperidine rings is 1. The maximum Gasteiger partial charge on any atom is 0.00387 e. The van der Waals surface area contributed by atoms with Gasteiger partial charge in [-0.1, -0.05) is 0 Å². The minimum atomic E-state index is 0.698. The largest absolute Gasteiger partial charge is 0.330 e. The molecule has 0 amide bonds. The normalized spacial score (nSPS) is 27.8. The molecule has 0 bridgehead atoms. The van der Waals surface area contributed by atoms with Crippen molar-refractivity contribution in [2.24, 2.45) is 11.7 Å². The van der Waals surface area contributed by atoms with Crippen LogP contribution in [0.25, 0.3) is 0 Å². The van der Waals surface area contributed by atoms with Gasteiger partial charge in [-0.15, -0.1) is 0 Å². The van der Waals surface area contributed by atoms with Gasteiger partial charge in [0.2, 0.25) is 0 Å². The molecule has 66 valence electrons. The molecule has 1 heterocycles. The van der Waals surface area contributed by atoms with Gasteiger partial charge in [0.1, 0.15) is 0 Å². The summed E-state index contributed by atoms with van der Waals surface area (Å²) in [7, 11) is 0. The second-order valence-electron chi connectivity index (χ2n) is 3.83. The summed E-state index contributed by atoms with van der Waals surface area (Å²) in [6.45, 7) is 7.88. The Balaban J connectivity index is 2.33. The van der Waals surface area contributed by atoms with Gasteiger partial charge >= 0.3 is 0 Å². The van der Waals surface area contributed by atoms with Crippen molar-refractivity contribution >= 4 is 0 Å². The van der Waals surface area contributed by atoms with Crippen LogP contribution in [-0.2, 0) is 0 Å². The highest BCUT2D eigenvalue weighted by Gasteiger charge is 2.19. The molecule has 11 heavy (non-hydrogen) atoms. The molecule has 0 aromatic rings. The fraction of sp³-hybridized carbons (Fsp3) is 1.00. The van der Waals surface area contributed by atoms with E-state index in [1.54, 1.807) is 0 Å². The quantitative estimate of drug-likeness (QED) is 0.648. The molecule has 2 nitrogen and oxygen atoms in total. The lowest BCUT2D eigenvalue weighted by atomic mass is 9.97. The molecule has 0 aromatic heterocycles. The van der Waals surface area contributed by atoms with Crippen molar-refractivity contribution in [1.29, 1.82) is 0 Å². The Bertz CT molecular complexity index is 112. The lowest BCUT2D eigenvalue weighted by molar-refractivity contribution is 0.143. The van der Waals surface area contributed by atoms with Crippen LogP contribution < -0.4 is 5.73 Å². The Morgan fingerprint density at radius 1 is 1.55 bits per heavy atom. The lowest BCUT2D eigenvalue weighted by Crippen LogP contribution is -2.42. The molecule has 1 aliphatic rings. The van der Waals surface area contributed by atoms with Crippen molar-refractivity contribution in [2.45, 2.75) is 32.7 Å². The standard InChI is InChI=1S/C9H20N2/c1-8(2)11-5-3-4-9(6-10)7-11/h8-9H,3-7,10H2,1-2H3. The zero-order chi connectivity index (χ0) is 8.27. The molecule has 0 aliphatic carbocycles. The van der Waals surface area contributed by atoms with Crippen molar-refractivity contribution in [2.75, 3.05) is 19.6 Å². The molecule has 1 unspecified atom stereocenters. The number of likely N-dealkylation sites (tertiary alicyclic amines) is 1. The topological polar surface area (TPSA) is 29.3 Å². The zero-order valence-electron chi connectivity index (χ0n) is 7.71. The van der Waals surface area contributed by atoms with E-state index in [2.05, 4.69) is 18.7 Å². The molecule has 0 radical (unpaired) electrons. The Labute approximate surface area is 69.8 Å². The van der Waals surface area contributed by atoms with E-state index in [1.807, 2.05) is 0 Å². The summed E-state index contributed by atoms with van der Waals surface area (Å²) in [5, 5.41) is 0. The van der Waals surface area contributed by atoms with Crippen LogP contribution in [0.15, 0.2) is 0 Å². The van der Waals surface area contributed by atoms with Crippen LogP contribution in [0, 0.1) is 5.92 Å². The predicted octanol–water partition coefficient (Wildman–Crippen LogP) is 1.07. The third-order valence-corrected chi connectivity index (χ3v) is 2.61. The average Bonchev–Trinajstić information content (AvgIpc) is 2.05. The Kier molecular flexibility index (Phi) is 3.34. The Morgan fingerprint density at radius 3 is 2.82 bits per heavy atom. The van der Waals surface area contributed by atoms with Gasteiger partial charge in [-0.3, -0.25) is 0 Å². The number of hydrogen-bond donors (Lipinski definition) is 1. The highest BCUT2D eigenvalue weighted by molar-refractivity contribution is 4.75. The van der Waals surface area contributed by atoms with Gasteiger partial charge in [-0.25, -0.2) is 0 Å². The summed E-state index contributed by atoms with van der Waals surface area (Å²) >= 11 is 0.